The Kier molecular flexibility index (Phi) is 6.63. The molecule has 1 aliphatic rings. The van der Waals surface area contributed by atoms with Crippen LogP contribution in [0.5, 0.6) is 0 Å². The Balaban J connectivity index is 1.36. The highest BCUT2D eigenvalue weighted by atomic mass is 32.2. The lowest BCUT2D eigenvalue weighted by Crippen LogP contribution is -2.35. The first-order valence-electron chi connectivity index (χ1n) is 10.1. The van der Waals surface area contributed by atoms with Gasteiger partial charge in [-0.25, -0.2) is 8.42 Å². The Morgan fingerprint density at radius 3 is 2.84 bits per heavy atom. The maximum absolute atomic E-state index is 13.1. The number of nitrogens with one attached hydrogen (secondary N) is 2. The summed E-state index contributed by atoms with van der Waals surface area (Å²) in [4.78, 5) is 29.7. The molecule has 0 saturated carbocycles. The van der Waals surface area contributed by atoms with Crippen molar-refractivity contribution < 1.29 is 18.0 Å². The largest absolute Gasteiger partial charge is 0.352 e. The highest BCUT2D eigenvalue weighted by Gasteiger charge is 2.29. The van der Waals surface area contributed by atoms with Crippen molar-refractivity contribution in [3.05, 3.63) is 76.2 Å². The van der Waals surface area contributed by atoms with Crippen LogP contribution in [-0.4, -0.2) is 42.6 Å². The van der Waals surface area contributed by atoms with Gasteiger partial charge in [0.25, 0.3) is 5.91 Å². The van der Waals surface area contributed by atoms with Crippen molar-refractivity contribution in [1.29, 1.82) is 0 Å². The molecular weight excluding hydrogens is 448 g/mol. The number of fused-ring (bicyclic) bond motifs is 1. The summed E-state index contributed by atoms with van der Waals surface area (Å²) in [6, 6.07) is 11.4. The van der Waals surface area contributed by atoms with Crippen LogP contribution in [0.4, 0.5) is 5.69 Å². The van der Waals surface area contributed by atoms with E-state index in [0.29, 0.717) is 25.2 Å². The summed E-state index contributed by atoms with van der Waals surface area (Å²) in [6.07, 6.45) is 3.90. The topological polar surface area (TPSA) is 108 Å². The number of nitrogens with zero attached hydrogens (tertiary/aromatic N) is 2. The number of carbonyl (C=O) groups is 2. The van der Waals surface area contributed by atoms with E-state index in [4.69, 9.17) is 0 Å². The Labute approximate surface area is 190 Å². The Bertz CT molecular complexity index is 1230. The minimum absolute atomic E-state index is 0.0787. The lowest BCUT2D eigenvalue weighted by Gasteiger charge is -2.26. The van der Waals surface area contributed by atoms with Gasteiger partial charge in [-0.1, -0.05) is 6.07 Å². The number of pyridine rings is 1. The Morgan fingerprint density at radius 2 is 2.03 bits per heavy atom. The Hall–Kier alpha value is -3.08. The minimum atomic E-state index is -3.72. The first-order chi connectivity index (χ1) is 15.4. The summed E-state index contributed by atoms with van der Waals surface area (Å²) < 4.78 is 27.7. The molecule has 1 aromatic carbocycles. The molecule has 0 atom stereocenters. The number of aromatic nitrogens is 1. The van der Waals surface area contributed by atoms with Crippen LogP contribution in [0, 0.1) is 0 Å². The standard InChI is InChI=1S/C22H22N4O4S2/c27-21(25-18-4-2-9-23-14-18)6-10-24-22(28)16-3-1-5-19(13-16)32(29,30)26-11-7-20-17(15-26)8-12-31-20/h1-5,8-9,12-14H,6-7,10-11,15H2,(H,24,28)(H,25,27). The third kappa shape index (κ3) is 5.04. The van der Waals surface area contributed by atoms with Crippen molar-refractivity contribution >= 4 is 38.9 Å². The van der Waals surface area contributed by atoms with Crippen LogP contribution in [0.1, 0.15) is 27.2 Å². The van der Waals surface area contributed by atoms with E-state index in [1.807, 2.05) is 11.4 Å². The highest BCUT2D eigenvalue weighted by molar-refractivity contribution is 7.89. The molecule has 10 heteroatoms. The average molecular weight is 471 g/mol. The molecule has 3 aromatic rings. The number of carbonyl (C=O) groups excluding carboxylic acids is 2. The van der Waals surface area contributed by atoms with Crippen molar-refractivity contribution in [2.24, 2.45) is 0 Å². The van der Waals surface area contributed by atoms with Crippen LogP contribution < -0.4 is 10.6 Å². The zero-order valence-corrected chi connectivity index (χ0v) is 18.8. The first-order valence-corrected chi connectivity index (χ1v) is 12.4. The van der Waals surface area contributed by atoms with Crippen molar-refractivity contribution in [2.75, 3.05) is 18.4 Å². The lowest BCUT2D eigenvalue weighted by atomic mass is 10.1. The second-order valence-electron chi connectivity index (χ2n) is 7.28. The fourth-order valence-electron chi connectivity index (χ4n) is 3.43. The molecule has 0 aliphatic carbocycles. The number of hydrogen-bond acceptors (Lipinski definition) is 6. The van der Waals surface area contributed by atoms with Gasteiger partial charge in [-0.15, -0.1) is 11.3 Å². The maximum Gasteiger partial charge on any atom is 0.251 e. The molecule has 0 unspecified atom stereocenters. The quantitative estimate of drug-likeness (QED) is 0.552. The number of thiophene rings is 1. The number of amides is 2. The van der Waals surface area contributed by atoms with Crippen LogP contribution in [-0.2, 0) is 27.8 Å². The van der Waals surface area contributed by atoms with Gasteiger partial charge in [-0.05, 0) is 53.8 Å². The summed E-state index contributed by atoms with van der Waals surface area (Å²) in [5.41, 5.74) is 1.84. The van der Waals surface area contributed by atoms with E-state index in [-0.39, 0.29) is 29.3 Å². The van der Waals surface area contributed by atoms with Gasteiger partial charge < -0.3 is 10.6 Å². The van der Waals surface area contributed by atoms with E-state index in [1.165, 1.54) is 27.5 Å². The summed E-state index contributed by atoms with van der Waals surface area (Å²) in [7, 11) is -3.72. The molecule has 8 nitrogen and oxygen atoms in total. The molecule has 1 aliphatic heterocycles. The molecule has 0 fully saturated rings. The van der Waals surface area contributed by atoms with Crippen molar-refractivity contribution in [1.82, 2.24) is 14.6 Å². The van der Waals surface area contributed by atoms with Gasteiger partial charge in [-0.2, -0.15) is 4.31 Å². The van der Waals surface area contributed by atoms with Gasteiger partial charge in [0.2, 0.25) is 15.9 Å². The highest BCUT2D eigenvalue weighted by Crippen LogP contribution is 2.28. The first kappa shape index (κ1) is 22.1. The zero-order valence-electron chi connectivity index (χ0n) is 17.2. The van der Waals surface area contributed by atoms with Gasteiger partial charge in [0.1, 0.15) is 0 Å². The predicted octanol–water partition coefficient (Wildman–Crippen LogP) is 2.65. The fraction of sp³-hybridized carbons (Fsp3) is 0.227. The summed E-state index contributed by atoms with van der Waals surface area (Å²) in [5.74, 6) is -0.692. The molecule has 166 valence electrons. The van der Waals surface area contributed by atoms with Crippen LogP contribution in [0.3, 0.4) is 0 Å². The van der Waals surface area contributed by atoms with Crippen LogP contribution in [0.2, 0.25) is 0 Å². The lowest BCUT2D eigenvalue weighted by molar-refractivity contribution is -0.116. The van der Waals surface area contributed by atoms with Gasteiger partial charge in [0, 0.05) is 42.7 Å². The van der Waals surface area contributed by atoms with E-state index >= 15 is 0 Å². The average Bonchev–Trinajstić information content (AvgIpc) is 3.28. The smallest absolute Gasteiger partial charge is 0.251 e. The molecule has 2 amide bonds. The van der Waals surface area contributed by atoms with E-state index in [9.17, 15) is 18.0 Å². The normalized spacial score (nSPS) is 13.9. The third-order valence-electron chi connectivity index (χ3n) is 5.09. The van der Waals surface area contributed by atoms with Crippen molar-refractivity contribution in [3.63, 3.8) is 0 Å². The minimum Gasteiger partial charge on any atom is -0.352 e. The number of anilines is 1. The second kappa shape index (κ2) is 9.60. The van der Waals surface area contributed by atoms with E-state index < -0.39 is 15.9 Å². The molecule has 2 aromatic heterocycles. The monoisotopic (exact) mass is 470 g/mol. The van der Waals surface area contributed by atoms with Crippen molar-refractivity contribution in [3.8, 4) is 0 Å². The summed E-state index contributed by atoms with van der Waals surface area (Å²) >= 11 is 1.64. The van der Waals surface area contributed by atoms with Gasteiger partial charge >= 0.3 is 0 Å². The number of benzene rings is 1. The number of sulfonamides is 1. The molecule has 0 saturated heterocycles. The SMILES string of the molecule is O=C(CCNC(=O)c1cccc(S(=O)(=O)N2CCc3sccc3C2)c1)Nc1cccnc1. The van der Waals surface area contributed by atoms with E-state index in [0.717, 1.165) is 5.56 Å². The van der Waals surface area contributed by atoms with Crippen LogP contribution >= 0.6 is 11.3 Å². The Morgan fingerprint density at radius 1 is 1.16 bits per heavy atom. The van der Waals surface area contributed by atoms with E-state index in [1.54, 1.807) is 41.8 Å². The van der Waals surface area contributed by atoms with Crippen LogP contribution in [0.15, 0.2) is 65.1 Å². The second-order valence-corrected chi connectivity index (χ2v) is 10.2. The van der Waals surface area contributed by atoms with Crippen LogP contribution in [0.25, 0.3) is 0 Å². The van der Waals surface area contributed by atoms with Gasteiger partial charge in [0.05, 0.1) is 16.8 Å². The molecule has 32 heavy (non-hydrogen) atoms. The number of hydrogen-bond donors (Lipinski definition) is 2. The maximum atomic E-state index is 13.1. The van der Waals surface area contributed by atoms with Gasteiger partial charge in [-0.3, -0.25) is 14.6 Å². The fourth-order valence-corrected chi connectivity index (χ4v) is 5.78. The zero-order chi connectivity index (χ0) is 22.6. The van der Waals surface area contributed by atoms with Gasteiger partial charge in [0.15, 0.2) is 0 Å². The molecule has 3 heterocycles. The number of rotatable bonds is 7. The molecular formula is C22H22N4O4S2. The third-order valence-corrected chi connectivity index (χ3v) is 7.95. The molecule has 0 radical (unpaired) electrons. The molecule has 0 spiro atoms. The predicted molar refractivity (Wildman–Crippen MR) is 122 cm³/mol. The summed E-state index contributed by atoms with van der Waals surface area (Å²) in [6.45, 7) is 0.872. The molecule has 0 bridgehead atoms. The van der Waals surface area contributed by atoms with Crippen molar-refractivity contribution in [2.45, 2.75) is 24.3 Å². The summed E-state index contributed by atoms with van der Waals surface area (Å²) in [5, 5.41) is 7.32. The van der Waals surface area contributed by atoms with E-state index in [2.05, 4.69) is 15.6 Å². The molecule has 2 N–H and O–H groups in total. The molecule has 4 rings (SSSR count).